The van der Waals surface area contributed by atoms with E-state index in [1.807, 2.05) is 0 Å². The molecule has 1 saturated heterocycles. The molecule has 1 aromatic heterocycles. The van der Waals surface area contributed by atoms with Gasteiger partial charge in [0, 0.05) is 22.8 Å². The van der Waals surface area contributed by atoms with Gasteiger partial charge in [0.2, 0.25) is 5.01 Å². The van der Waals surface area contributed by atoms with Gasteiger partial charge in [0.1, 0.15) is 10.8 Å². The van der Waals surface area contributed by atoms with Crippen LogP contribution in [-0.2, 0) is 0 Å². The number of carbonyl (C=O) groups excluding carboxylic acids is 2. The van der Waals surface area contributed by atoms with E-state index in [0.717, 1.165) is 12.8 Å². The highest BCUT2D eigenvalue weighted by Crippen LogP contribution is 2.35. The number of amides is 2. The molecule has 1 aliphatic heterocycles. The van der Waals surface area contributed by atoms with Crippen LogP contribution in [0.1, 0.15) is 44.1 Å². The molecular formula is C21H19ClN4O3S. The summed E-state index contributed by atoms with van der Waals surface area (Å²) in [6.45, 7) is 0.638. The molecular weight excluding hydrogens is 424 g/mol. The highest BCUT2D eigenvalue weighted by atomic mass is 35.5. The summed E-state index contributed by atoms with van der Waals surface area (Å²) in [5, 5.41) is 12.4. The molecule has 1 fully saturated rings. The summed E-state index contributed by atoms with van der Waals surface area (Å²) in [4.78, 5) is 27.3. The molecule has 0 spiro atoms. The van der Waals surface area contributed by atoms with Crippen molar-refractivity contribution in [2.45, 2.75) is 18.9 Å². The van der Waals surface area contributed by atoms with Gasteiger partial charge in [-0.25, -0.2) is 0 Å². The second kappa shape index (κ2) is 8.81. The minimum absolute atomic E-state index is 0.0692. The third-order valence-electron chi connectivity index (χ3n) is 4.85. The molecule has 2 amide bonds. The van der Waals surface area contributed by atoms with Crippen molar-refractivity contribution in [2.75, 3.05) is 19.0 Å². The fraction of sp³-hybridized carbons (Fsp3) is 0.238. The van der Waals surface area contributed by atoms with Gasteiger partial charge in [-0.1, -0.05) is 29.0 Å². The first-order chi connectivity index (χ1) is 14.5. The predicted octanol–water partition coefficient (Wildman–Crippen LogP) is 4.43. The Hall–Kier alpha value is -2.97. The molecule has 0 aliphatic carbocycles. The molecule has 0 radical (unpaired) electrons. The maximum absolute atomic E-state index is 13.0. The SMILES string of the molecule is COc1ccc(C(=O)N2CCCC2c2nnc(C(=O)Nc3cccc(Cl)c3)s2)cc1. The lowest BCUT2D eigenvalue weighted by molar-refractivity contribution is 0.0735. The van der Waals surface area contributed by atoms with Crippen LogP contribution in [0.25, 0.3) is 0 Å². The summed E-state index contributed by atoms with van der Waals surface area (Å²) < 4.78 is 5.15. The van der Waals surface area contributed by atoms with Crippen LogP contribution in [0.4, 0.5) is 5.69 Å². The lowest BCUT2D eigenvalue weighted by atomic mass is 10.1. The lowest BCUT2D eigenvalue weighted by Crippen LogP contribution is -2.30. The van der Waals surface area contributed by atoms with Gasteiger partial charge in [0.25, 0.3) is 11.8 Å². The van der Waals surface area contributed by atoms with Crippen molar-refractivity contribution >= 4 is 40.4 Å². The number of methoxy groups -OCH3 is 1. The van der Waals surface area contributed by atoms with Gasteiger partial charge >= 0.3 is 0 Å². The second-order valence-electron chi connectivity index (χ2n) is 6.79. The molecule has 3 aromatic rings. The summed E-state index contributed by atoms with van der Waals surface area (Å²) in [6, 6.07) is 13.7. The number of carbonyl (C=O) groups is 2. The van der Waals surface area contributed by atoms with Crippen LogP contribution in [0, 0.1) is 0 Å². The maximum atomic E-state index is 13.0. The highest BCUT2D eigenvalue weighted by molar-refractivity contribution is 7.13. The summed E-state index contributed by atoms with van der Waals surface area (Å²) >= 11 is 7.16. The van der Waals surface area contributed by atoms with Crippen molar-refractivity contribution in [3.8, 4) is 5.75 Å². The standard InChI is InChI=1S/C21H19ClN4O3S/c1-29-16-9-7-13(8-10-16)21(28)26-11-3-6-17(26)19-24-25-20(30-19)18(27)23-15-5-2-4-14(22)12-15/h2,4-5,7-10,12,17H,3,6,11H2,1H3,(H,23,27). The number of nitrogens with zero attached hydrogens (tertiary/aromatic N) is 3. The number of nitrogens with one attached hydrogen (secondary N) is 1. The molecule has 0 saturated carbocycles. The number of likely N-dealkylation sites (tertiary alicyclic amines) is 1. The lowest BCUT2D eigenvalue weighted by Gasteiger charge is -2.22. The normalized spacial score (nSPS) is 15.8. The number of aromatic nitrogens is 2. The average Bonchev–Trinajstić information content (AvgIpc) is 3.43. The molecule has 2 aromatic carbocycles. The number of anilines is 1. The van der Waals surface area contributed by atoms with Crippen molar-refractivity contribution in [2.24, 2.45) is 0 Å². The summed E-state index contributed by atoms with van der Waals surface area (Å²) in [6.07, 6.45) is 1.66. The van der Waals surface area contributed by atoms with E-state index in [0.29, 0.717) is 33.6 Å². The van der Waals surface area contributed by atoms with Crippen LogP contribution in [0.5, 0.6) is 5.75 Å². The number of rotatable bonds is 5. The van der Waals surface area contributed by atoms with Crippen molar-refractivity contribution in [3.05, 3.63) is 69.1 Å². The van der Waals surface area contributed by atoms with E-state index < -0.39 is 0 Å². The molecule has 9 heteroatoms. The van der Waals surface area contributed by atoms with Crippen LogP contribution in [-0.4, -0.2) is 40.6 Å². The number of hydrogen-bond acceptors (Lipinski definition) is 6. The Labute approximate surface area is 182 Å². The second-order valence-corrected chi connectivity index (χ2v) is 8.24. The largest absolute Gasteiger partial charge is 0.497 e. The Morgan fingerprint density at radius 3 is 2.73 bits per heavy atom. The zero-order valence-electron chi connectivity index (χ0n) is 16.2. The van der Waals surface area contributed by atoms with E-state index in [9.17, 15) is 9.59 Å². The molecule has 7 nitrogen and oxygen atoms in total. The van der Waals surface area contributed by atoms with Crippen LogP contribution in [0.2, 0.25) is 5.02 Å². The molecule has 1 atom stereocenters. The molecule has 2 heterocycles. The van der Waals surface area contributed by atoms with E-state index in [2.05, 4.69) is 15.5 Å². The number of hydrogen-bond donors (Lipinski definition) is 1. The molecule has 4 rings (SSSR count). The Kier molecular flexibility index (Phi) is 5.96. The third-order valence-corrected chi connectivity index (χ3v) is 6.11. The minimum atomic E-state index is -0.355. The van der Waals surface area contributed by atoms with Crippen LogP contribution >= 0.6 is 22.9 Å². The Balaban J connectivity index is 1.48. The first-order valence-electron chi connectivity index (χ1n) is 9.40. The van der Waals surface area contributed by atoms with Crippen molar-refractivity contribution in [1.29, 1.82) is 0 Å². The van der Waals surface area contributed by atoms with Gasteiger partial charge in [0.05, 0.1) is 13.2 Å². The Morgan fingerprint density at radius 1 is 1.20 bits per heavy atom. The number of halogens is 1. The van der Waals surface area contributed by atoms with Gasteiger partial charge in [-0.15, -0.1) is 10.2 Å². The van der Waals surface area contributed by atoms with Crippen molar-refractivity contribution < 1.29 is 14.3 Å². The van der Waals surface area contributed by atoms with Gasteiger partial charge in [0.15, 0.2) is 0 Å². The first-order valence-corrected chi connectivity index (χ1v) is 10.6. The number of ether oxygens (including phenoxy) is 1. The molecule has 30 heavy (non-hydrogen) atoms. The highest BCUT2D eigenvalue weighted by Gasteiger charge is 2.33. The fourth-order valence-corrected chi connectivity index (χ4v) is 4.45. The van der Waals surface area contributed by atoms with Gasteiger partial charge < -0.3 is 15.0 Å². The van der Waals surface area contributed by atoms with Crippen molar-refractivity contribution in [3.63, 3.8) is 0 Å². The van der Waals surface area contributed by atoms with E-state index in [-0.39, 0.29) is 22.9 Å². The summed E-state index contributed by atoms with van der Waals surface area (Å²) in [5.74, 6) is 0.274. The predicted molar refractivity (Wildman–Crippen MR) is 115 cm³/mol. The minimum Gasteiger partial charge on any atom is -0.497 e. The van der Waals surface area contributed by atoms with Crippen molar-refractivity contribution in [1.82, 2.24) is 15.1 Å². The smallest absolute Gasteiger partial charge is 0.286 e. The third kappa shape index (κ3) is 4.29. The fourth-order valence-electron chi connectivity index (χ4n) is 3.38. The molecule has 1 unspecified atom stereocenters. The Bertz CT molecular complexity index is 1070. The van der Waals surface area contributed by atoms with Gasteiger partial charge in [-0.2, -0.15) is 0 Å². The van der Waals surface area contributed by atoms with Gasteiger partial charge in [-0.05, 0) is 55.3 Å². The molecule has 154 valence electrons. The first kappa shape index (κ1) is 20.3. The Morgan fingerprint density at radius 2 is 2.00 bits per heavy atom. The zero-order chi connectivity index (χ0) is 21.1. The van der Waals surface area contributed by atoms with E-state index in [1.54, 1.807) is 60.5 Å². The van der Waals surface area contributed by atoms with E-state index in [1.165, 1.54) is 11.3 Å². The molecule has 0 bridgehead atoms. The van der Waals surface area contributed by atoms with E-state index in [4.69, 9.17) is 16.3 Å². The maximum Gasteiger partial charge on any atom is 0.286 e. The quantitative estimate of drug-likeness (QED) is 0.631. The topological polar surface area (TPSA) is 84.4 Å². The zero-order valence-corrected chi connectivity index (χ0v) is 17.7. The summed E-state index contributed by atoms with van der Waals surface area (Å²) in [7, 11) is 1.59. The summed E-state index contributed by atoms with van der Waals surface area (Å²) in [5.41, 5.74) is 1.17. The molecule has 1 N–H and O–H groups in total. The van der Waals surface area contributed by atoms with E-state index >= 15 is 0 Å². The van der Waals surface area contributed by atoms with Crippen LogP contribution < -0.4 is 10.1 Å². The number of benzene rings is 2. The van der Waals surface area contributed by atoms with Crippen LogP contribution in [0.3, 0.4) is 0 Å². The van der Waals surface area contributed by atoms with Gasteiger partial charge in [-0.3, -0.25) is 9.59 Å². The molecule has 1 aliphatic rings. The monoisotopic (exact) mass is 442 g/mol. The van der Waals surface area contributed by atoms with Crippen LogP contribution in [0.15, 0.2) is 48.5 Å². The average molecular weight is 443 g/mol.